The molecule has 3 aliphatic carbocycles. The van der Waals surface area contributed by atoms with Gasteiger partial charge in [0.25, 0.3) is 0 Å². The minimum atomic E-state index is -0.875. The minimum absolute atomic E-state index is 0. The van der Waals surface area contributed by atoms with Gasteiger partial charge in [0, 0.05) is 62.4 Å². The zero-order valence-corrected chi connectivity index (χ0v) is 42.3. The first-order valence-electron chi connectivity index (χ1n) is 22.3. The van der Waals surface area contributed by atoms with Gasteiger partial charge in [0.2, 0.25) is 0 Å². The molecule has 60 heavy (non-hydrogen) atoms. The number of hydrogen-bond acceptors (Lipinski definition) is 12. The summed E-state index contributed by atoms with van der Waals surface area (Å²) in [6.45, 7) is 26.9. The van der Waals surface area contributed by atoms with E-state index in [0.717, 1.165) is 19.6 Å². The Hall–Kier alpha value is -2.41. The molecule has 0 N–H and O–H groups in total. The quantitative estimate of drug-likeness (QED) is 0.0938. The number of ether oxygens (including phenoxy) is 7. The van der Waals surface area contributed by atoms with Crippen LogP contribution in [-0.2, 0) is 57.1 Å². The first kappa shape index (κ1) is 81.4. The predicted octanol–water partition coefficient (Wildman–Crippen LogP) is 12.8. The average molecular weight is 875 g/mol. The highest BCUT2D eigenvalue weighted by atomic mass is 16.5. The Morgan fingerprint density at radius 1 is 0.467 bits per heavy atom. The van der Waals surface area contributed by atoms with Crippen LogP contribution < -0.4 is 0 Å². The number of rotatable bonds is 9. The van der Waals surface area contributed by atoms with Gasteiger partial charge >= 0.3 is 17.9 Å². The molecule has 0 unspecified atom stereocenters. The Morgan fingerprint density at radius 3 is 0.700 bits per heavy atom. The first-order chi connectivity index (χ1) is 28.1. The maximum Gasteiger partial charge on any atom is 0.302 e. The van der Waals surface area contributed by atoms with Crippen LogP contribution in [0.1, 0.15) is 213 Å². The zero-order chi connectivity index (χ0) is 47.8. The lowest BCUT2D eigenvalue weighted by molar-refractivity contribution is -0.141. The SMILES string of the molecule is C.C1CCCC1.C1CCCC1.C1CCCC1.CCC.CCC.CCCOC.CCOC.CCOC(C)=O.CCOC(C)=O.COC(C)=O.COC(C)C.COC(C=O)C=O. The van der Waals surface area contributed by atoms with Crippen LogP contribution in [0.4, 0.5) is 0 Å². The van der Waals surface area contributed by atoms with Crippen LogP contribution in [0.5, 0.6) is 0 Å². The summed E-state index contributed by atoms with van der Waals surface area (Å²) >= 11 is 0. The summed E-state index contributed by atoms with van der Waals surface area (Å²) in [5.41, 5.74) is 0. The largest absolute Gasteiger partial charge is 0.469 e. The average Bonchev–Trinajstić information content (AvgIpc) is 4.06. The van der Waals surface area contributed by atoms with E-state index in [1.807, 2.05) is 20.8 Å². The molecule has 0 atom stereocenters. The molecule has 12 heteroatoms. The molecule has 3 saturated carbocycles. The minimum Gasteiger partial charge on any atom is -0.469 e. The molecule has 12 nitrogen and oxygen atoms in total. The number of esters is 3. The molecule has 3 aliphatic rings. The summed E-state index contributed by atoms with van der Waals surface area (Å²) in [6, 6.07) is 0. The third-order valence-electron chi connectivity index (χ3n) is 6.44. The van der Waals surface area contributed by atoms with Gasteiger partial charge in [-0.1, -0.05) is 151 Å². The molecule has 0 spiro atoms. The maximum absolute atomic E-state index is 9.82. The molecule has 0 aromatic heterocycles. The van der Waals surface area contributed by atoms with Crippen LogP contribution in [0, 0.1) is 0 Å². The van der Waals surface area contributed by atoms with Crippen LogP contribution in [-0.4, -0.2) is 105 Å². The van der Waals surface area contributed by atoms with Crippen molar-refractivity contribution in [3.05, 3.63) is 0 Å². The van der Waals surface area contributed by atoms with E-state index < -0.39 is 6.10 Å². The van der Waals surface area contributed by atoms with Gasteiger partial charge in [0.15, 0.2) is 18.7 Å². The molecule has 3 rings (SSSR count). The van der Waals surface area contributed by atoms with Crippen LogP contribution in [0.3, 0.4) is 0 Å². The molecule has 0 aromatic carbocycles. The van der Waals surface area contributed by atoms with Gasteiger partial charge in [-0.2, -0.15) is 0 Å². The summed E-state index contributed by atoms with van der Waals surface area (Å²) in [7, 11) is 7.74. The topological polar surface area (TPSA) is 150 Å². The fourth-order valence-corrected chi connectivity index (χ4v) is 3.41. The smallest absolute Gasteiger partial charge is 0.302 e. The maximum atomic E-state index is 9.82. The molecule has 3 fully saturated rings. The summed E-state index contributed by atoms with van der Waals surface area (Å²) in [4.78, 5) is 48.5. The molecular weight excluding hydrogens is 769 g/mol. The molecule has 370 valence electrons. The highest BCUT2D eigenvalue weighted by molar-refractivity contribution is 5.80. The zero-order valence-electron chi connectivity index (χ0n) is 42.3. The van der Waals surface area contributed by atoms with Crippen LogP contribution in [0.2, 0.25) is 0 Å². The Labute approximate surface area is 374 Å². The van der Waals surface area contributed by atoms with Gasteiger partial charge in [-0.15, -0.1) is 0 Å². The molecule has 0 saturated heterocycles. The van der Waals surface area contributed by atoms with Crippen molar-refractivity contribution >= 4 is 30.5 Å². The number of carbonyl (C=O) groups excluding carboxylic acids is 5. The molecule has 0 aliphatic heterocycles. The highest BCUT2D eigenvalue weighted by Gasteiger charge is 1.98. The van der Waals surface area contributed by atoms with Crippen molar-refractivity contribution < 1.29 is 57.1 Å². The molecule has 0 bridgehead atoms. The lowest BCUT2D eigenvalue weighted by Gasteiger charge is -1.94. The van der Waals surface area contributed by atoms with Gasteiger partial charge in [0.05, 0.1) is 26.4 Å². The fraction of sp³-hybridized carbons (Fsp3) is 0.896. The fourth-order valence-electron chi connectivity index (χ4n) is 3.41. The van der Waals surface area contributed by atoms with E-state index in [2.05, 4.69) is 58.3 Å². The second-order valence-electron chi connectivity index (χ2n) is 13.1. The summed E-state index contributed by atoms with van der Waals surface area (Å²) in [5, 5.41) is 0. The second kappa shape index (κ2) is 92.0. The Bertz CT molecular complexity index is 631. The van der Waals surface area contributed by atoms with Crippen molar-refractivity contribution in [2.45, 2.75) is 225 Å². The number of aldehydes is 2. The molecule has 0 aromatic rings. The monoisotopic (exact) mass is 875 g/mol. The molecule has 0 radical (unpaired) electrons. The third kappa shape index (κ3) is 166. The summed E-state index contributed by atoms with van der Waals surface area (Å²) in [5.74, 6) is -0.667. The van der Waals surface area contributed by atoms with Gasteiger partial charge in [-0.05, 0) is 41.0 Å². The van der Waals surface area contributed by atoms with E-state index >= 15 is 0 Å². The van der Waals surface area contributed by atoms with Gasteiger partial charge in [-0.3, -0.25) is 24.0 Å². The summed E-state index contributed by atoms with van der Waals surface area (Å²) in [6.07, 6.45) is 26.5. The van der Waals surface area contributed by atoms with Crippen molar-refractivity contribution in [1.29, 1.82) is 0 Å². The normalized spacial score (nSPS) is 11.7. The van der Waals surface area contributed by atoms with Crippen molar-refractivity contribution in [3.8, 4) is 0 Å². The molecule has 0 amide bonds. The van der Waals surface area contributed by atoms with Crippen molar-refractivity contribution in [2.75, 3.05) is 62.0 Å². The van der Waals surface area contributed by atoms with Gasteiger partial charge in [0.1, 0.15) is 0 Å². The van der Waals surface area contributed by atoms with Crippen LogP contribution >= 0.6 is 0 Å². The molecular formula is C48H106O12. The van der Waals surface area contributed by atoms with Crippen molar-refractivity contribution in [2.24, 2.45) is 0 Å². The van der Waals surface area contributed by atoms with Crippen LogP contribution in [0.25, 0.3) is 0 Å². The number of carbonyl (C=O) groups is 5. The predicted molar refractivity (Wildman–Crippen MR) is 255 cm³/mol. The third-order valence-corrected chi connectivity index (χ3v) is 6.44. The van der Waals surface area contributed by atoms with Crippen molar-refractivity contribution in [3.63, 3.8) is 0 Å². The number of methoxy groups -OCH3 is 5. The van der Waals surface area contributed by atoms with Gasteiger partial charge in [-0.25, -0.2) is 0 Å². The number of hydrogen-bond donors (Lipinski definition) is 0. The van der Waals surface area contributed by atoms with E-state index in [9.17, 15) is 24.0 Å². The van der Waals surface area contributed by atoms with E-state index in [1.54, 1.807) is 35.2 Å². The van der Waals surface area contributed by atoms with E-state index in [4.69, 9.17) is 9.47 Å². The van der Waals surface area contributed by atoms with Gasteiger partial charge < -0.3 is 33.2 Å². The van der Waals surface area contributed by atoms with Crippen molar-refractivity contribution in [1.82, 2.24) is 0 Å². The van der Waals surface area contributed by atoms with E-state index in [-0.39, 0.29) is 25.3 Å². The highest BCUT2D eigenvalue weighted by Crippen LogP contribution is 2.16. The van der Waals surface area contributed by atoms with E-state index in [1.165, 1.54) is 144 Å². The lowest BCUT2D eigenvalue weighted by atomic mass is 10.4. The summed E-state index contributed by atoms with van der Waals surface area (Å²) < 4.78 is 31.2. The Kier molecular flexibility index (Phi) is 125. The lowest BCUT2D eigenvalue weighted by Crippen LogP contribution is -2.12. The van der Waals surface area contributed by atoms with E-state index in [0.29, 0.717) is 31.9 Å². The first-order valence-corrected chi connectivity index (χ1v) is 22.3. The Morgan fingerprint density at radius 2 is 0.683 bits per heavy atom. The molecule has 0 heterocycles. The van der Waals surface area contributed by atoms with Crippen LogP contribution in [0.15, 0.2) is 0 Å². The Balaban J connectivity index is -0.0000000571. The second-order valence-corrected chi connectivity index (χ2v) is 13.1. The standard InChI is InChI=1S/3C5H10.C4H6O3.2C4H8O2.2C4H10O.C3H6O2.C3H8O.2C3H8.CH4/c3*1-2-4-5-3-1;1-7-4(2-5)3-6;2*1-3-6-4(2)5;1-4(2)5-3;1-3-4-5-2;1-3(4)5-2;1-3-4-2;2*1-3-2;/h3*1-5H2;2-4H,1H3;2*3H2,1-2H3;4H,1-3H3;3-4H2,1-2H3;1-2H3;3H2,1-2H3;2*3H2,1-2H3;1H4.